The van der Waals surface area contributed by atoms with Gasteiger partial charge in [0.15, 0.2) is 0 Å². The van der Waals surface area contributed by atoms with E-state index in [9.17, 15) is 9.59 Å². The van der Waals surface area contributed by atoms with Gasteiger partial charge in [0.2, 0.25) is 10.9 Å². The van der Waals surface area contributed by atoms with E-state index in [1.165, 1.54) is 0 Å². The summed E-state index contributed by atoms with van der Waals surface area (Å²) in [5, 5.41) is 12.9. The molecule has 9 aromatic rings. The lowest BCUT2D eigenvalue weighted by atomic mass is 10.0. The first kappa shape index (κ1) is 26.9. The third-order valence-electron chi connectivity index (χ3n) is 9.26. The van der Waals surface area contributed by atoms with Crippen molar-refractivity contribution in [3.8, 4) is 22.9 Å². The van der Waals surface area contributed by atoms with E-state index in [1.807, 2.05) is 36.4 Å². The average molecular weight is 609 g/mol. The smallest absolute Gasteiger partial charge is 0.200 e. The van der Waals surface area contributed by atoms with Gasteiger partial charge in [-0.3, -0.25) is 9.59 Å². The molecule has 222 valence electrons. The molecule has 3 heterocycles. The van der Waals surface area contributed by atoms with E-state index in [4.69, 9.17) is 14.1 Å². The van der Waals surface area contributed by atoms with Crippen molar-refractivity contribution in [2.75, 3.05) is 0 Å². The molecule has 0 saturated carbocycles. The summed E-state index contributed by atoms with van der Waals surface area (Å²) in [6, 6.07) is 36.3. The Hall–Kier alpha value is -6.45. The number of benzene rings is 6. The minimum Gasteiger partial charge on any atom is -0.456 e. The van der Waals surface area contributed by atoms with Crippen LogP contribution in [0.1, 0.15) is 16.7 Å². The van der Waals surface area contributed by atoms with Crippen molar-refractivity contribution >= 4 is 65.7 Å². The van der Waals surface area contributed by atoms with Gasteiger partial charge in [-0.05, 0) is 84.6 Å². The van der Waals surface area contributed by atoms with Crippen LogP contribution < -0.4 is 10.9 Å². The first-order chi connectivity index (χ1) is 22.9. The molecule has 0 N–H and O–H groups in total. The number of rotatable bonds is 2. The molecule has 0 bridgehead atoms. The van der Waals surface area contributed by atoms with Gasteiger partial charge in [-0.1, -0.05) is 54.6 Å². The number of hydrogen-bond donors (Lipinski definition) is 0. The lowest BCUT2D eigenvalue weighted by Crippen LogP contribution is -2.07. The molecule has 0 atom stereocenters. The van der Waals surface area contributed by atoms with Gasteiger partial charge >= 0.3 is 0 Å². The number of nitrogens with zero attached hydrogens (tertiary/aromatic N) is 2. The summed E-state index contributed by atoms with van der Waals surface area (Å²) in [5.74, 6) is 0. The first-order valence-corrected chi connectivity index (χ1v) is 15.3. The minimum atomic E-state index is -0.233. The first-order valence-electron chi connectivity index (χ1n) is 15.3. The summed E-state index contributed by atoms with van der Waals surface area (Å²) in [6.45, 7) is 4.20. The molecule has 0 fully saturated rings. The second-order valence-corrected chi connectivity index (χ2v) is 12.1. The fraction of sp³-hybridized carbons (Fsp3) is 0.0488. The van der Waals surface area contributed by atoms with Crippen molar-refractivity contribution in [3.05, 3.63) is 146 Å². The number of aryl methyl sites for hydroxylation is 2. The molecule has 0 aliphatic heterocycles. The van der Waals surface area contributed by atoms with Gasteiger partial charge in [-0.15, -0.1) is 0 Å². The van der Waals surface area contributed by atoms with Crippen molar-refractivity contribution in [1.82, 2.24) is 4.57 Å². The average Bonchev–Trinajstić information content (AvgIpc) is 3.45. The van der Waals surface area contributed by atoms with E-state index in [1.54, 1.807) is 36.4 Å². The highest BCUT2D eigenvalue weighted by atomic mass is 16.3. The van der Waals surface area contributed by atoms with Crippen LogP contribution >= 0.6 is 0 Å². The zero-order valence-corrected chi connectivity index (χ0v) is 25.4. The van der Waals surface area contributed by atoms with Crippen molar-refractivity contribution in [2.45, 2.75) is 13.8 Å². The normalized spacial score (nSPS) is 11.8. The Morgan fingerprint density at radius 3 is 1.66 bits per heavy atom. The minimum absolute atomic E-state index is 0.218. The van der Waals surface area contributed by atoms with Crippen LogP contribution in [-0.4, -0.2) is 4.57 Å². The molecule has 0 aliphatic rings. The summed E-state index contributed by atoms with van der Waals surface area (Å²) >= 11 is 0. The lowest BCUT2D eigenvalue weighted by molar-refractivity contribution is 0.646. The summed E-state index contributed by atoms with van der Waals surface area (Å²) in [5.41, 5.74) is 8.71. The van der Waals surface area contributed by atoms with Gasteiger partial charge in [-0.25, -0.2) is 0 Å². The Kier molecular flexibility index (Phi) is 5.60. The Balaban J connectivity index is 1.27. The fourth-order valence-corrected chi connectivity index (χ4v) is 6.96. The van der Waals surface area contributed by atoms with E-state index in [0.717, 1.165) is 49.7 Å². The summed E-state index contributed by atoms with van der Waals surface area (Å²) in [6.07, 6.45) is 0. The maximum atomic E-state index is 14.2. The fourth-order valence-electron chi connectivity index (χ4n) is 6.96. The summed E-state index contributed by atoms with van der Waals surface area (Å²) in [7, 11) is 0. The van der Waals surface area contributed by atoms with Gasteiger partial charge in [0.05, 0.1) is 44.2 Å². The van der Waals surface area contributed by atoms with E-state index >= 15 is 0 Å². The highest BCUT2D eigenvalue weighted by Gasteiger charge is 2.18. The van der Waals surface area contributed by atoms with Gasteiger partial charge in [0.1, 0.15) is 22.3 Å². The standard InChI is InChI=1S/C41H24N2O4/c1-22-5-3-7-28-29-8-4-6-23(2)39(29)43(38(22)28)27-14-16-35-31(18-27)41(45)33-19-32-36(20-37(33)47-35)46-34-15-13-26(17-30(34)40(32)44)25-11-9-24(21-42)10-12-25/h3-20H,1-2H3. The van der Waals surface area contributed by atoms with Crippen molar-refractivity contribution in [2.24, 2.45) is 0 Å². The summed E-state index contributed by atoms with van der Waals surface area (Å²) < 4.78 is 14.7. The largest absolute Gasteiger partial charge is 0.456 e. The number of nitriles is 1. The van der Waals surface area contributed by atoms with Gasteiger partial charge in [0.25, 0.3) is 0 Å². The predicted molar refractivity (Wildman–Crippen MR) is 188 cm³/mol. The van der Waals surface area contributed by atoms with E-state index in [0.29, 0.717) is 49.4 Å². The van der Waals surface area contributed by atoms with Crippen LogP contribution in [0, 0.1) is 25.2 Å². The van der Waals surface area contributed by atoms with E-state index < -0.39 is 0 Å². The molecular formula is C41H24N2O4. The molecule has 47 heavy (non-hydrogen) atoms. The van der Waals surface area contributed by atoms with E-state index in [2.05, 4.69) is 60.9 Å². The van der Waals surface area contributed by atoms with Crippen molar-refractivity contribution in [1.29, 1.82) is 5.26 Å². The molecule has 6 nitrogen and oxygen atoms in total. The monoisotopic (exact) mass is 608 g/mol. The molecule has 0 spiro atoms. The second-order valence-electron chi connectivity index (χ2n) is 12.1. The molecule has 3 aromatic heterocycles. The highest BCUT2D eigenvalue weighted by molar-refractivity contribution is 6.11. The maximum Gasteiger partial charge on any atom is 0.200 e. The van der Waals surface area contributed by atoms with Crippen LogP contribution in [0.25, 0.3) is 82.5 Å². The molecule has 9 rings (SSSR count). The van der Waals surface area contributed by atoms with Crippen LogP contribution in [0.15, 0.2) is 128 Å². The van der Waals surface area contributed by atoms with Crippen molar-refractivity contribution < 1.29 is 8.83 Å². The molecule has 0 saturated heterocycles. The van der Waals surface area contributed by atoms with Gasteiger partial charge in [0, 0.05) is 22.5 Å². The third kappa shape index (κ3) is 3.90. The van der Waals surface area contributed by atoms with Crippen LogP contribution in [0.5, 0.6) is 0 Å². The molecule has 0 amide bonds. The van der Waals surface area contributed by atoms with Crippen LogP contribution in [0.4, 0.5) is 0 Å². The molecule has 0 unspecified atom stereocenters. The molecule has 0 aliphatic carbocycles. The Labute approximate surface area is 266 Å². The highest BCUT2D eigenvalue weighted by Crippen LogP contribution is 2.36. The van der Waals surface area contributed by atoms with Gasteiger partial charge in [-0.2, -0.15) is 5.26 Å². The third-order valence-corrected chi connectivity index (χ3v) is 9.26. The zero-order chi connectivity index (χ0) is 32.0. The predicted octanol–water partition coefficient (Wildman–Crippen LogP) is 9.46. The quantitative estimate of drug-likeness (QED) is 0.182. The number of hydrogen-bond acceptors (Lipinski definition) is 5. The van der Waals surface area contributed by atoms with Crippen LogP contribution in [-0.2, 0) is 0 Å². The van der Waals surface area contributed by atoms with Crippen LogP contribution in [0.3, 0.4) is 0 Å². The Morgan fingerprint density at radius 1 is 0.532 bits per heavy atom. The lowest BCUT2D eigenvalue weighted by Gasteiger charge is -2.12. The topological polar surface area (TPSA) is 89.1 Å². The summed E-state index contributed by atoms with van der Waals surface area (Å²) in [4.78, 5) is 28.0. The van der Waals surface area contributed by atoms with E-state index in [-0.39, 0.29) is 10.9 Å². The van der Waals surface area contributed by atoms with Crippen molar-refractivity contribution in [3.63, 3.8) is 0 Å². The number of fused-ring (bicyclic) bond motifs is 7. The molecule has 6 heteroatoms. The zero-order valence-electron chi connectivity index (χ0n) is 25.4. The molecular weight excluding hydrogens is 584 g/mol. The maximum absolute atomic E-state index is 14.2. The van der Waals surface area contributed by atoms with Gasteiger partial charge < -0.3 is 13.4 Å². The molecule has 0 radical (unpaired) electrons. The second kappa shape index (κ2) is 9.77. The SMILES string of the molecule is Cc1cccc2c3cccc(C)c3n(-c3ccc4oc5cc6oc7ccc(-c8ccc(C#N)cc8)cc7c(=O)c6cc5c(=O)c4c3)c12. The molecule has 6 aromatic carbocycles. The Morgan fingerprint density at radius 2 is 1.06 bits per heavy atom. The Bertz CT molecular complexity index is 2910. The van der Waals surface area contributed by atoms with Crippen LogP contribution in [0.2, 0.25) is 0 Å². The number of aromatic nitrogens is 1. The number of para-hydroxylation sites is 2.